The van der Waals surface area contributed by atoms with Gasteiger partial charge in [0.05, 0.1) is 13.0 Å². The molecule has 0 unspecified atom stereocenters. The molecular formula is C43H63N11O12S2. The normalized spacial score (nSPS) is 26.4. The topological polar surface area (TPSA) is 360 Å². The number of carbonyl (C=O) groups is 11. The van der Waals surface area contributed by atoms with Crippen LogP contribution < -0.4 is 54.0 Å². The van der Waals surface area contributed by atoms with Crippen molar-refractivity contribution in [2.75, 3.05) is 31.1 Å². The molecule has 11 amide bonds. The molecule has 1 aromatic carbocycles. The van der Waals surface area contributed by atoms with Crippen molar-refractivity contribution in [3.05, 3.63) is 29.8 Å². The fourth-order valence-electron chi connectivity index (χ4n) is 7.67. The van der Waals surface area contributed by atoms with Crippen LogP contribution in [-0.2, 0) is 59.2 Å². The highest BCUT2D eigenvalue weighted by Gasteiger charge is 2.41. The summed E-state index contributed by atoms with van der Waals surface area (Å²) in [7, 11) is 2.27. The third-order valence-corrected chi connectivity index (χ3v) is 14.1. The summed E-state index contributed by atoms with van der Waals surface area (Å²) in [5.41, 5.74) is 11.3. The highest BCUT2D eigenvalue weighted by molar-refractivity contribution is 8.76. The molecular weight excluding hydrogens is 927 g/mol. The average Bonchev–Trinajstić information content (AvgIpc) is 3.79. The summed E-state index contributed by atoms with van der Waals surface area (Å²) < 4.78 is 0. The smallest absolute Gasteiger partial charge is 0.246 e. The number of carbonyl (C=O) groups excluding carboxylic acids is 11. The maximum absolute atomic E-state index is 14.5. The first-order chi connectivity index (χ1) is 32.4. The van der Waals surface area contributed by atoms with E-state index in [1.54, 1.807) is 26.0 Å². The highest BCUT2D eigenvalue weighted by atomic mass is 33.1. The molecule has 0 aromatic heterocycles. The SMILES string of the molecule is CC[C@H](C)[C@@H]1NC(=O)[C@H](Cc2ccc(O)cc2)NC(=O)CCSSC[C@@H]2NC(=O)[C@H](CC(N)=O)NC(=O)[C@H](CCC(=O)NCCCC[C@@H](C(=O)NCC(N)=O)NC(=O)[C@@H]3CCCN3C2=O)NC1=O. The molecule has 3 saturated heterocycles. The van der Waals surface area contributed by atoms with E-state index < -0.39 is 126 Å². The van der Waals surface area contributed by atoms with Crippen molar-refractivity contribution >= 4 is 86.6 Å². The number of rotatable bonds is 9. The van der Waals surface area contributed by atoms with Gasteiger partial charge in [0.1, 0.15) is 48.0 Å². The van der Waals surface area contributed by atoms with Crippen molar-refractivity contribution in [1.29, 1.82) is 0 Å². The molecule has 374 valence electrons. The van der Waals surface area contributed by atoms with Crippen molar-refractivity contribution < 1.29 is 57.8 Å². The number of hydrogen-bond donors (Lipinski definition) is 11. The number of aromatic hydroxyl groups is 1. The maximum Gasteiger partial charge on any atom is 0.246 e. The summed E-state index contributed by atoms with van der Waals surface area (Å²) in [5.74, 6) is -9.11. The van der Waals surface area contributed by atoms with Crippen molar-refractivity contribution in [2.45, 2.75) is 127 Å². The second-order valence-corrected chi connectivity index (χ2v) is 19.5. The molecule has 3 aliphatic heterocycles. The van der Waals surface area contributed by atoms with Gasteiger partial charge in [-0.2, -0.15) is 0 Å². The summed E-state index contributed by atoms with van der Waals surface area (Å²) in [6.07, 6.45) is 0.0383. The number of phenols is 1. The van der Waals surface area contributed by atoms with Gasteiger partial charge in [0.15, 0.2) is 0 Å². The van der Waals surface area contributed by atoms with Gasteiger partial charge in [-0.3, -0.25) is 52.7 Å². The van der Waals surface area contributed by atoms with E-state index in [-0.39, 0.29) is 68.9 Å². The molecule has 2 bridgehead atoms. The molecule has 13 N–H and O–H groups in total. The summed E-state index contributed by atoms with van der Waals surface area (Å²) >= 11 is 0. The predicted molar refractivity (Wildman–Crippen MR) is 249 cm³/mol. The molecule has 1 aromatic rings. The molecule has 4 rings (SSSR count). The van der Waals surface area contributed by atoms with Gasteiger partial charge in [-0.25, -0.2) is 0 Å². The first-order valence-corrected chi connectivity index (χ1v) is 25.1. The third-order valence-electron chi connectivity index (χ3n) is 11.6. The van der Waals surface area contributed by atoms with Crippen LogP contribution in [0.1, 0.15) is 83.6 Å². The number of phenolic OH excluding ortho intramolecular Hbond substituents is 1. The van der Waals surface area contributed by atoms with Crippen molar-refractivity contribution in [3.8, 4) is 5.75 Å². The fraction of sp³-hybridized carbons (Fsp3) is 0.605. The zero-order chi connectivity index (χ0) is 49.9. The van der Waals surface area contributed by atoms with E-state index in [1.807, 2.05) is 0 Å². The van der Waals surface area contributed by atoms with Crippen molar-refractivity contribution in [3.63, 3.8) is 0 Å². The molecule has 0 spiro atoms. The van der Waals surface area contributed by atoms with Crippen LogP contribution in [0.5, 0.6) is 5.75 Å². The van der Waals surface area contributed by atoms with Crippen LogP contribution in [0, 0.1) is 5.92 Å². The minimum Gasteiger partial charge on any atom is -0.508 e. The zero-order valence-corrected chi connectivity index (χ0v) is 39.7. The first-order valence-electron chi connectivity index (χ1n) is 22.6. The van der Waals surface area contributed by atoms with Crippen molar-refractivity contribution in [2.24, 2.45) is 17.4 Å². The highest BCUT2D eigenvalue weighted by Crippen LogP contribution is 2.26. The van der Waals surface area contributed by atoms with Crippen LogP contribution in [0.2, 0.25) is 0 Å². The molecule has 8 atom stereocenters. The molecule has 3 aliphatic rings. The number of benzene rings is 1. The van der Waals surface area contributed by atoms with E-state index in [0.717, 1.165) is 21.6 Å². The lowest BCUT2D eigenvalue weighted by Gasteiger charge is -2.31. The van der Waals surface area contributed by atoms with E-state index >= 15 is 0 Å². The Labute approximate surface area is 401 Å². The predicted octanol–water partition coefficient (Wildman–Crippen LogP) is -2.78. The maximum atomic E-state index is 14.5. The average molecular weight is 990 g/mol. The quantitative estimate of drug-likeness (QED) is 0.112. The van der Waals surface area contributed by atoms with Crippen molar-refractivity contribution in [1.82, 2.24) is 47.4 Å². The van der Waals surface area contributed by atoms with E-state index in [0.29, 0.717) is 31.2 Å². The summed E-state index contributed by atoms with van der Waals surface area (Å²) in [6.45, 7) is 3.14. The van der Waals surface area contributed by atoms with Gasteiger partial charge in [0.25, 0.3) is 0 Å². The second-order valence-electron chi connectivity index (χ2n) is 16.9. The molecule has 3 fully saturated rings. The molecule has 3 heterocycles. The van der Waals surface area contributed by atoms with Gasteiger partial charge < -0.3 is 64.0 Å². The third kappa shape index (κ3) is 17.2. The molecule has 68 heavy (non-hydrogen) atoms. The number of nitrogens with two attached hydrogens (primary N) is 2. The Morgan fingerprint density at radius 2 is 1.46 bits per heavy atom. The fourth-order valence-corrected chi connectivity index (χ4v) is 9.82. The van der Waals surface area contributed by atoms with E-state index in [1.165, 1.54) is 17.0 Å². The monoisotopic (exact) mass is 989 g/mol. The number of primary amides is 2. The van der Waals surface area contributed by atoms with E-state index in [2.05, 4.69) is 42.5 Å². The van der Waals surface area contributed by atoms with Crippen LogP contribution in [-0.4, -0.2) is 148 Å². The van der Waals surface area contributed by atoms with E-state index in [9.17, 15) is 57.8 Å². The first kappa shape index (κ1) is 54.5. The standard InChI is InChI=1S/C43H63N11O12S2/c1-3-23(2)36-42(65)50-27-13-14-34(58)46-16-5-4-7-26(37(60)47-21-33(45)57)49-41(64)31-8-6-17-54(31)43(66)30(52-39(62)29(20-32(44)56)51-38(27)61)22-68-67-18-15-35(59)48-28(40(63)53-36)19-24-9-11-25(55)12-10-24/h9-12,23,26-31,36,55H,3-8,13-22H2,1-2H3,(H2,44,56)(H2,45,57)(H,46,58)(H,47,60)(H,48,59)(H,49,64)(H,50,65)(H,51,61)(H,52,62)(H,53,63)/t23-,26-,27-,28-,29-,30-,31-,36-/m0/s1. The van der Waals surface area contributed by atoms with Gasteiger partial charge in [-0.1, -0.05) is 54.0 Å². The van der Waals surface area contributed by atoms with Crippen LogP contribution in [0.4, 0.5) is 0 Å². The van der Waals surface area contributed by atoms with E-state index in [4.69, 9.17) is 11.5 Å². The summed E-state index contributed by atoms with van der Waals surface area (Å²) in [5, 5.41) is 30.8. The van der Waals surface area contributed by atoms with Gasteiger partial charge >= 0.3 is 0 Å². The Balaban J connectivity index is 1.77. The number of fused-ring (bicyclic) bond motifs is 7. The Kier molecular flexibility index (Phi) is 21.7. The lowest BCUT2D eigenvalue weighted by Crippen LogP contribution is -2.61. The molecule has 0 saturated carbocycles. The number of hydrogen-bond acceptors (Lipinski definition) is 14. The van der Waals surface area contributed by atoms with Gasteiger partial charge in [-0.05, 0) is 62.1 Å². The van der Waals surface area contributed by atoms with Gasteiger partial charge in [0, 0.05) is 43.9 Å². The Morgan fingerprint density at radius 3 is 2.15 bits per heavy atom. The lowest BCUT2D eigenvalue weighted by molar-refractivity contribution is -0.142. The van der Waals surface area contributed by atoms with Gasteiger partial charge in [0.2, 0.25) is 65.0 Å². The molecule has 23 nitrogen and oxygen atoms in total. The zero-order valence-electron chi connectivity index (χ0n) is 38.1. The largest absolute Gasteiger partial charge is 0.508 e. The summed E-state index contributed by atoms with van der Waals surface area (Å²) in [4.78, 5) is 150. The molecule has 25 heteroatoms. The van der Waals surface area contributed by atoms with Gasteiger partial charge in [-0.15, -0.1) is 0 Å². The second kappa shape index (κ2) is 27.0. The minimum absolute atomic E-state index is 0.0175. The Bertz CT molecular complexity index is 2030. The Hall–Kier alpha value is -6.11. The number of nitrogens with zero attached hydrogens (tertiary/aromatic N) is 1. The molecule has 0 radical (unpaired) electrons. The lowest BCUT2D eigenvalue weighted by atomic mass is 9.96. The minimum atomic E-state index is -1.70. The number of nitrogens with one attached hydrogen (secondary N) is 8. The number of amides is 11. The van der Waals surface area contributed by atoms with Crippen LogP contribution in [0.15, 0.2) is 24.3 Å². The van der Waals surface area contributed by atoms with Crippen LogP contribution in [0.3, 0.4) is 0 Å². The van der Waals surface area contributed by atoms with Crippen LogP contribution in [0.25, 0.3) is 0 Å². The summed E-state index contributed by atoms with van der Waals surface area (Å²) in [6, 6.07) is -3.39. The van der Waals surface area contributed by atoms with Crippen LogP contribution >= 0.6 is 21.6 Å². The Morgan fingerprint density at radius 1 is 0.750 bits per heavy atom. The molecule has 0 aliphatic carbocycles.